The van der Waals surface area contributed by atoms with Crippen molar-refractivity contribution >= 4 is 11.8 Å². The van der Waals surface area contributed by atoms with Crippen molar-refractivity contribution in [1.82, 2.24) is 4.90 Å². The number of allylic oxidation sites excluding steroid dienone is 1. The first kappa shape index (κ1) is 11.8. The van der Waals surface area contributed by atoms with Gasteiger partial charge >= 0.3 is 0 Å². The number of nitrogens with zero attached hydrogens (tertiary/aromatic N) is 1. The van der Waals surface area contributed by atoms with Crippen LogP contribution in [0.2, 0.25) is 0 Å². The molecule has 1 aliphatic heterocycles. The Kier molecular flexibility index (Phi) is 3.88. The monoisotopic (exact) mass is 210 g/mol. The van der Waals surface area contributed by atoms with E-state index in [0.29, 0.717) is 25.3 Å². The Labute approximate surface area is 90.1 Å². The van der Waals surface area contributed by atoms with E-state index in [-0.39, 0.29) is 5.91 Å². The molecule has 84 valence electrons. The third-order valence-electron chi connectivity index (χ3n) is 2.83. The fourth-order valence-corrected chi connectivity index (χ4v) is 2.08. The van der Waals surface area contributed by atoms with Crippen LogP contribution >= 0.6 is 0 Å². The van der Waals surface area contributed by atoms with Crippen molar-refractivity contribution in [3.8, 4) is 0 Å². The lowest BCUT2D eigenvalue weighted by Crippen LogP contribution is -2.45. The average Bonchev–Trinajstić information content (AvgIpc) is 2.49. The number of primary amides is 1. The summed E-state index contributed by atoms with van der Waals surface area (Å²) in [6, 6.07) is -0.438. The summed E-state index contributed by atoms with van der Waals surface area (Å²) >= 11 is 0. The van der Waals surface area contributed by atoms with Crippen LogP contribution in [-0.4, -0.2) is 29.3 Å². The molecular weight excluding hydrogens is 192 g/mol. The number of carbonyl (C=O) groups excluding carboxylic acids is 2. The van der Waals surface area contributed by atoms with Crippen molar-refractivity contribution in [3.05, 3.63) is 12.7 Å². The molecule has 1 rings (SSSR count). The Morgan fingerprint density at radius 2 is 2.47 bits per heavy atom. The highest BCUT2D eigenvalue weighted by molar-refractivity contribution is 5.87. The van der Waals surface area contributed by atoms with E-state index >= 15 is 0 Å². The summed E-state index contributed by atoms with van der Waals surface area (Å²) in [5.74, 6) is -0.0824. The van der Waals surface area contributed by atoms with E-state index in [0.717, 1.165) is 6.42 Å². The van der Waals surface area contributed by atoms with Crippen molar-refractivity contribution in [1.29, 1.82) is 0 Å². The van der Waals surface area contributed by atoms with Gasteiger partial charge in [-0.1, -0.05) is 13.0 Å². The fraction of sp³-hybridized carbons (Fsp3) is 0.636. The van der Waals surface area contributed by atoms with Crippen molar-refractivity contribution in [3.63, 3.8) is 0 Å². The summed E-state index contributed by atoms with van der Waals surface area (Å²) in [5.41, 5.74) is 5.26. The number of rotatable bonds is 5. The zero-order valence-corrected chi connectivity index (χ0v) is 9.11. The lowest BCUT2D eigenvalue weighted by molar-refractivity contribution is -0.136. The van der Waals surface area contributed by atoms with Crippen LogP contribution in [0.15, 0.2) is 12.7 Å². The molecule has 1 aliphatic rings. The van der Waals surface area contributed by atoms with E-state index in [1.54, 1.807) is 4.90 Å². The standard InChI is InChI=1S/C11H18N2O2/c1-3-5-8-6-10(14)13(7-8)9(4-2)11(12)15/h3,8-9H,1,4-7H2,2H3,(H2,12,15)/t8?,9-/m1/s1. The van der Waals surface area contributed by atoms with Gasteiger partial charge in [0.1, 0.15) is 6.04 Å². The number of hydrogen-bond donors (Lipinski definition) is 1. The SMILES string of the molecule is C=CCC1CC(=O)N([C@H](CC)C(N)=O)C1. The van der Waals surface area contributed by atoms with Crippen LogP contribution < -0.4 is 5.73 Å². The topological polar surface area (TPSA) is 63.4 Å². The van der Waals surface area contributed by atoms with Crippen molar-refractivity contribution in [2.75, 3.05) is 6.54 Å². The molecule has 0 aromatic carbocycles. The second-order valence-electron chi connectivity index (χ2n) is 3.97. The summed E-state index contributed by atoms with van der Waals surface area (Å²) < 4.78 is 0. The maximum Gasteiger partial charge on any atom is 0.240 e. The van der Waals surface area contributed by atoms with Gasteiger partial charge in [-0.3, -0.25) is 9.59 Å². The fourth-order valence-electron chi connectivity index (χ4n) is 2.08. The quantitative estimate of drug-likeness (QED) is 0.678. The van der Waals surface area contributed by atoms with E-state index in [1.807, 2.05) is 13.0 Å². The van der Waals surface area contributed by atoms with Crippen molar-refractivity contribution in [2.45, 2.75) is 32.2 Å². The van der Waals surface area contributed by atoms with Gasteiger partial charge in [-0.15, -0.1) is 6.58 Å². The molecule has 2 N–H and O–H groups in total. The van der Waals surface area contributed by atoms with Crippen molar-refractivity contribution in [2.24, 2.45) is 11.7 Å². The Balaban J connectivity index is 2.66. The zero-order chi connectivity index (χ0) is 11.4. The second kappa shape index (κ2) is 4.96. The molecule has 0 saturated carbocycles. The minimum atomic E-state index is -0.438. The summed E-state index contributed by atoms with van der Waals surface area (Å²) in [7, 11) is 0. The largest absolute Gasteiger partial charge is 0.368 e. The maximum atomic E-state index is 11.6. The third kappa shape index (κ3) is 2.58. The van der Waals surface area contributed by atoms with E-state index in [2.05, 4.69) is 6.58 Å². The van der Waals surface area contributed by atoms with Crippen LogP contribution in [0.3, 0.4) is 0 Å². The van der Waals surface area contributed by atoms with Gasteiger partial charge in [0.2, 0.25) is 11.8 Å². The number of nitrogens with two attached hydrogens (primary N) is 1. The molecular formula is C11H18N2O2. The van der Waals surface area contributed by atoms with Crippen LogP contribution in [0.25, 0.3) is 0 Å². The molecule has 4 heteroatoms. The van der Waals surface area contributed by atoms with Gasteiger partial charge in [-0.05, 0) is 18.8 Å². The van der Waals surface area contributed by atoms with Gasteiger partial charge in [0.05, 0.1) is 0 Å². The van der Waals surface area contributed by atoms with E-state index in [1.165, 1.54) is 0 Å². The average molecular weight is 210 g/mol. The lowest BCUT2D eigenvalue weighted by Gasteiger charge is -2.24. The van der Waals surface area contributed by atoms with Crippen LogP contribution in [0.4, 0.5) is 0 Å². The molecule has 0 aliphatic carbocycles. The van der Waals surface area contributed by atoms with Gasteiger partial charge in [0, 0.05) is 13.0 Å². The molecule has 4 nitrogen and oxygen atoms in total. The van der Waals surface area contributed by atoms with Crippen LogP contribution in [0.5, 0.6) is 0 Å². The van der Waals surface area contributed by atoms with E-state index in [9.17, 15) is 9.59 Å². The molecule has 0 aromatic heterocycles. The lowest BCUT2D eigenvalue weighted by atomic mass is 10.1. The highest BCUT2D eigenvalue weighted by Crippen LogP contribution is 2.23. The first-order valence-electron chi connectivity index (χ1n) is 5.29. The Hall–Kier alpha value is -1.32. The first-order chi connectivity index (χ1) is 7.10. The minimum Gasteiger partial charge on any atom is -0.368 e. The molecule has 1 saturated heterocycles. The van der Waals surface area contributed by atoms with Gasteiger partial charge in [0.15, 0.2) is 0 Å². The molecule has 1 unspecified atom stereocenters. The van der Waals surface area contributed by atoms with Gasteiger partial charge in [-0.2, -0.15) is 0 Å². The van der Waals surface area contributed by atoms with Crippen LogP contribution in [0.1, 0.15) is 26.2 Å². The Morgan fingerprint density at radius 3 is 2.93 bits per heavy atom. The number of hydrogen-bond acceptors (Lipinski definition) is 2. The molecule has 1 heterocycles. The van der Waals surface area contributed by atoms with Crippen molar-refractivity contribution < 1.29 is 9.59 Å². The van der Waals surface area contributed by atoms with Crippen LogP contribution in [0, 0.1) is 5.92 Å². The third-order valence-corrected chi connectivity index (χ3v) is 2.83. The minimum absolute atomic E-state index is 0.0347. The predicted molar refractivity (Wildman–Crippen MR) is 57.9 cm³/mol. The summed E-state index contributed by atoms with van der Waals surface area (Å²) in [6.07, 6.45) is 3.72. The zero-order valence-electron chi connectivity index (χ0n) is 9.11. The maximum absolute atomic E-state index is 11.6. The van der Waals surface area contributed by atoms with E-state index < -0.39 is 11.9 Å². The Bertz CT molecular complexity index is 276. The molecule has 0 radical (unpaired) electrons. The summed E-state index contributed by atoms with van der Waals surface area (Å²) in [5, 5.41) is 0. The molecule has 2 amide bonds. The normalized spacial score (nSPS) is 22.9. The smallest absolute Gasteiger partial charge is 0.240 e. The Morgan fingerprint density at radius 1 is 1.80 bits per heavy atom. The summed E-state index contributed by atoms with van der Waals surface area (Å²) in [4.78, 5) is 24.4. The molecule has 2 atom stereocenters. The molecule has 0 aromatic rings. The highest BCUT2D eigenvalue weighted by atomic mass is 16.2. The molecule has 15 heavy (non-hydrogen) atoms. The molecule has 0 bridgehead atoms. The van der Waals surface area contributed by atoms with Crippen LogP contribution in [-0.2, 0) is 9.59 Å². The van der Waals surface area contributed by atoms with Gasteiger partial charge < -0.3 is 10.6 Å². The number of likely N-dealkylation sites (tertiary alicyclic amines) is 1. The van der Waals surface area contributed by atoms with Gasteiger partial charge in [0.25, 0.3) is 0 Å². The number of carbonyl (C=O) groups is 2. The highest BCUT2D eigenvalue weighted by Gasteiger charge is 2.35. The predicted octanol–water partition coefficient (Wildman–Crippen LogP) is 0.675. The van der Waals surface area contributed by atoms with E-state index in [4.69, 9.17) is 5.73 Å². The second-order valence-corrected chi connectivity index (χ2v) is 3.97. The number of amides is 2. The molecule has 0 spiro atoms. The summed E-state index contributed by atoms with van der Waals surface area (Å²) in [6.45, 7) is 6.15. The molecule has 1 fully saturated rings. The van der Waals surface area contributed by atoms with Gasteiger partial charge in [-0.25, -0.2) is 0 Å². The first-order valence-corrected chi connectivity index (χ1v) is 5.29.